The monoisotopic (exact) mass is 345 g/mol. The molecule has 1 aromatic heterocycles. The third kappa shape index (κ3) is 2.84. The minimum Gasteiger partial charge on any atom is -0.353 e. The number of aromatic nitrogens is 1. The molecule has 1 atom stereocenters. The van der Waals surface area contributed by atoms with E-state index in [0.717, 1.165) is 5.69 Å². The molecule has 3 rings (SSSR count). The van der Waals surface area contributed by atoms with Crippen molar-refractivity contribution in [3.05, 3.63) is 40.5 Å². The number of fused-ring (bicyclic) bond motifs is 1. The predicted molar refractivity (Wildman–Crippen MR) is 94.2 cm³/mol. The smallest absolute Gasteiger partial charge is 0.255 e. The highest BCUT2D eigenvalue weighted by Crippen LogP contribution is 2.27. The van der Waals surface area contributed by atoms with Crippen molar-refractivity contribution in [2.24, 2.45) is 5.92 Å². The summed E-state index contributed by atoms with van der Waals surface area (Å²) in [6, 6.07) is 6.71. The van der Waals surface area contributed by atoms with Crippen LogP contribution in [-0.4, -0.2) is 40.8 Å². The Morgan fingerprint density at radius 1 is 1.42 bits per heavy atom. The van der Waals surface area contributed by atoms with Crippen LogP contribution in [0, 0.1) is 12.8 Å². The summed E-state index contributed by atoms with van der Waals surface area (Å²) < 4.78 is 0. The summed E-state index contributed by atoms with van der Waals surface area (Å²) in [7, 11) is 0. The highest BCUT2D eigenvalue weighted by Gasteiger charge is 2.36. The van der Waals surface area contributed by atoms with E-state index in [4.69, 9.17) is 11.6 Å². The van der Waals surface area contributed by atoms with E-state index in [9.17, 15) is 9.59 Å². The molecule has 6 heteroatoms. The Balaban J connectivity index is 2.11. The van der Waals surface area contributed by atoms with Crippen molar-refractivity contribution in [2.45, 2.75) is 26.8 Å². The number of para-hydroxylation sites is 1. The first-order chi connectivity index (χ1) is 11.4. The lowest BCUT2D eigenvalue weighted by Crippen LogP contribution is -2.59. The minimum atomic E-state index is -0.464. The molecule has 0 radical (unpaired) electrons. The van der Waals surface area contributed by atoms with Gasteiger partial charge in [0.15, 0.2) is 0 Å². The van der Waals surface area contributed by atoms with Gasteiger partial charge in [0.1, 0.15) is 6.04 Å². The number of rotatable bonds is 2. The molecule has 1 N–H and O–H groups in total. The van der Waals surface area contributed by atoms with Crippen molar-refractivity contribution in [1.29, 1.82) is 0 Å². The number of hydrogen-bond acceptors (Lipinski definition) is 3. The van der Waals surface area contributed by atoms with Crippen molar-refractivity contribution in [3.8, 4) is 0 Å². The fourth-order valence-electron chi connectivity index (χ4n) is 3.25. The van der Waals surface area contributed by atoms with E-state index in [1.54, 1.807) is 23.1 Å². The normalized spacial score (nSPS) is 18.1. The van der Waals surface area contributed by atoms with Gasteiger partial charge in [-0.3, -0.25) is 14.6 Å². The summed E-state index contributed by atoms with van der Waals surface area (Å²) in [5.41, 5.74) is 1.88. The average Bonchev–Trinajstić information content (AvgIpc) is 2.54. The molecule has 126 valence electrons. The summed E-state index contributed by atoms with van der Waals surface area (Å²) in [6.07, 6.45) is 0. The third-order valence-electron chi connectivity index (χ3n) is 4.30. The van der Waals surface area contributed by atoms with Crippen LogP contribution in [0.4, 0.5) is 0 Å². The Hall–Kier alpha value is -2.14. The first-order valence-electron chi connectivity index (χ1n) is 8.04. The molecule has 2 amide bonds. The van der Waals surface area contributed by atoms with Gasteiger partial charge < -0.3 is 10.2 Å². The van der Waals surface area contributed by atoms with Crippen LogP contribution in [-0.2, 0) is 4.79 Å². The fourth-order valence-corrected chi connectivity index (χ4v) is 3.47. The van der Waals surface area contributed by atoms with Gasteiger partial charge in [0.2, 0.25) is 5.91 Å². The van der Waals surface area contributed by atoms with Crippen molar-refractivity contribution in [3.63, 3.8) is 0 Å². The number of benzene rings is 1. The summed E-state index contributed by atoms with van der Waals surface area (Å²) in [6.45, 7) is 6.70. The number of aryl methyl sites for hydroxylation is 1. The van der Waals surface area contributed by atoms with Crippen LogP contribution < -0.4 is 5.32 Å². The molecule has 5 nitrogen and oxygen atoms in total. The lowest BCUT2D eigenvalue weighted by atomic mass is 9.97. The largest absolute Gasteiger partial charge is 0.353 e. The number of halogens is 1. The molecule has 1 fully saturated rings. The number of amides is 2. The molecule has 0 bridgehead atoms. The Morgan fingerprint density at radius 3 is 2.88 bits per heavy atom. The fraction of sp³-hybridized carbons (Fsp3) is 0.389. The summed E-state index contributed by atoms with van der Waals surface area (Å²) in [4.78, 5) is 31.6. The van der Waals surface area contributed by atoms with E-state index in [2.05, 4.69) is 10.3 Å². The number of pyridine rings is 1. The van der Waals surface area contributed by atoms with Crippen LogP contribution in [0.1, 0.15) is 29.9 Å². The van der Waals surface area contributed by atoms with E-state index < -0.39 is 6.04 Å². The topological polar surface area (TPSA) is 62.3 Å². The molecule has 1 aromatic carbocycles. The van der Waals surface area contributed by atoms with Gasteiger partial charge in [-0.15, -0.1) is 0 Å². The van der Waals surface area contributed by atoms with Crippen LogP contribution in [0.3, 0.4) is 0 Å². The average molecular weight is 346 g/mol. The molecule has 24 heavy (non-hydrogen) atoms. The van der Waals surface area contributed by atoms with Gasteiger partial charge in [0.25, 0.3) is 5.91 Å². The van der Waals surface area contributed by atoms with Crippen molar-refractivity contribution >= 4 is 34.3 Å². The van der Waals surface area contributed by atoms with Gasteiger partial charge in [0.05, 0.1) is 16.1 Å². The first-order valence-corrected chi connectivity index (χ1v) is 8.42. The molecule has 0 unspecified atom stereocenters. The highest BCUT2D eigenvalue weighted by atomic mass is 35.5. The summed E-state index contributed by atoms with van der Waals surface area (Å²) in [5.74, 6) is -0.217. The quantitative estimate of drug-likeness (QED) is 0.910. The molecule has 0 spiro atoms. The van der Waals surface area contributed by atoms with E-state index >= 15 is 0 Å². The van der Waals surface area contributed by atoms with Crippen molar-refractivity contribution < 1.29 is 9.59 Å². The number of nitrogens with one attached hydrogen (secondary N) is 1. The van der Waals surface area contributed by atoms with Crippen LogP contribution >= 0.6 is 11.6 Å². The van der Waals surface area contributed by atoms with E-state index in [1.165, 1.54) is 0 Å². The van der Waals surface area contributed by atoms with E-state index in [0.29, 0.717) is 34.6 Å². The highest BCUT2D eigenvalue weighted by molar-refractivity contribution is 6.35. The maximum atomic E-state index is 13.2. The zero-order chi connectivity index (χ0) is 17.4. The molecule has 2 aromatic rings. The second-order valence-electron chi connectivity index (χ2n) is 6.43. The van der Waals surface area contributed by atoms with Gasteiger partial charge in [0, 0.05) is 24.2 Å². The van der Waals surface area contributed by atoms with E-state index in [-0.39, 0.29) is 17.7 Å². The van der Waals surface area contributed by atoms with Gasteiger partial charge in [-0.05, 0) is 25.0 Å². The SMILES string of the molecule is Cc1cc(C(=O)N2CCNC(=O)[C@H]2C(C)C)c2cccc(Cl)c2n1. The molecule has 0 saturated carbocycles. The van der Waals surface area contributed by atoms with Crippen LogP contribution in [0.25, 0.3) is 10.9 Å². The second kappa shape index (κ2) is 6.40. The van der Waals surface area contributed by atoms with Gasteiger partial charge in [-0.25, -0.2) is 0 Å². The number of carbonyl (C=O) groups is 2. The maximum Gasteiger partial charge on any atom is 0.255 e. The van der Waals surface area contributed by atoms with Gasteiger partial charge >= 0.3 is 0 Å². The number of nitrogens with zero attached hydrogens (tertiary/aromatic N) is 2. The molecule has 1 aliphatic heterocycles. The van der Waals surface area contributed by atoms with Crippen molar-refractivity contribution in [2.75, 3.05) is 13.1 Å². The van der Waals surface area contributed by atoms with Gasteiger partial charge in [-0.1, -0.05) is 37.6 Å². The summed E-state index contributed by atoms with van der Waals surface area (Å²) in [5, 5.41) is 4.07. The molecular weight excluding hydrogens is 326 g/mol. The van der Waals surface area contributed by atoms with Crippen LogP contribution in [0.2, 0.25) is 5.02 Å². The molecule has 0 aliphatic carbocycles. The Bertz CT molecular complexity index is 819. The molecule has 1 aliphatic rings. The number of piperazine rings is 1. The van der Waals surface area contributed by atoms with Gasteiger partial charge in [-0.2, -0.15) is 0 Å². The molecular formula is C18H20ClN3O2. The lowest BCUT2D eigenvalue weighted by molar-refractivity contribution is -0.129. The molecule has 2 heterocycles. The zero-order valence-electron chi connectivity index (χ0n) is 14.0. The number of carbonyl (C=O) groups excluding carboxylic acids is 2. The second-order valence-corrected chi connectivity index (χ2v) is 6.83. The Morgan fingerprint density at radius 2 is 2.17 bits per heavy atom. The first kappa shape index (κ1) is 16.7. The van der Waals surface area contributed by atoms with E-state index in [1.807, 2.05) is 26.8 Å². The summed E-state index contributed by atoms with van der Waals surface area (Å²) >= 11 is 6.24. The van der Waals surface area contributed by atoms with Crippen LogP contribution in [0.15, 0.2) is 24.3 Å². The number of hydrogen-bond donors (Lipinski definition) is 1. The lowest BCUT2D eigenvalue weighted by Gasteiger charge is -2.37. The minimum absolute atomic E-state index is 0.0343. The predicted octanol–water partition coefficient (Wildman–Crippen LogP) is 2.79. The molecule has 1 saturated heterocycles. The third-order valence-corrected chi connectivity index (χ3v) is 4.60. The Kier molecular flexibility index (Phi) is 4.45. The van der Waals surface area contributed by atoms with Crippen molar-refractivity contribution in [1.82, 2.24) is 15.2 Å². The maximum absolute atomic E-state index is 13.2. The Labute approximate surface area is 146 Å². The standard InChI is InChI=1S/C18H20ClN3O2/c1-10(2)16-17(23)20-7-8-22(16)18(24)13-9-11(3)21-15-12(13)5-4-6-14(15)19/h4-6,9-10,16H,7-8H2,1-3H3,(H,20,23)/t16-/m1/s1. The zero-order valence-corrected chi connectivity index (χ0v) is 14.7. The van der Waals surface area contributed by atoms with Crippen LogP contribution in [0.5, 0.6) is 0 Å².